The molecule has 3 aromatic rings. The largest absolute Gasteiger partial charge is 0.319 e. The Morgan fingerprint density at radius 1 is 0.889 bits per heavy atom. The van der Waals surface area contributed by atoms with Crippen LogP contribution in [0.1, 0.15) is 10.4 Å². The van der Waals surface area contributed by atoms with Gasteiger partial charge in [0.1, 0.15) is 0 Å². The summed E-state index contributed by atoms with van der Waals surface area (Å²) >= 11 is 5.68. The van der Waals surface area contributed by atoms with E-state index in [4.69, 9.17) is 11.6 Å². The summed E-state index contributed by atoms with van der Waals surface area (Å²) in [4.78, 5) is 12.2. The first-order valence-corrected chi connectivity index (χ1v) is 9.66. The molecule has 1 amide bonds. The number of sulfonamides is 1. The third-order valence-corrected chi connectivity index (χ3v) is 5.34. The minimum absolute atomic E-state index is 0.00293. The van der Waals surface area contributed by atoms with E-state index in [1.165, 1.54) is 42.5 Å². The molecule has 2 N–H and O–H groups in total. The molecule has 5 nitrogen and oxygen atoms in total. The van der Waals surface area contributed by atoms with Crippen molar-refractivity contribution >= 4 is 38.9 Å². The van der Waals surface area contributed by atoms with Gasteiger partial charge < -0.3 is 5.32 Å². The van der Waals surface area contributed by atoms with E-state index in [0.29, 0.717) is 5.69 Å². The van der Waals surface area contributed by atoms with Crippen molar-refractivity contribution in [2.24, 2.45) is 0 Å². The topological polar surface area (TPSA) is 75.3 Å². The van der Waals surface area contributed by atoms with Gasteiger partial charge >= 0.3 is 0 Å². The van der Waals surface area contributed by atoms with Crippen LogP contribution in [0.2, 0.25) is 5.02 Å². The molecular weight excluding hydrogens is 391 g/mol. The summed E-state index contributed by atoms with van der Waals surface area (Å²) in [5.74, 6) is -1.32. The van der Waals surface area contributed by atoms with Crippen molar-refractivity contribution < 1.29 is 17.6 Å². The Hall–Kier alpha value is -2.90. The van der Waals surface area contributed by atoms with Gasteiger partial charge in [-0.05, 0) is 48.5 Å². The third kappa shape index (κ3) is 4.45. The Kier molecular flexibility index (Phi) is 5.43. The van der Waals surface area contributed by atoms with Crippen LogP contribution in [0.15, 0.2) is 77.7 Å². The number of carbonyl (C=O) groups is 1. The Morgan fingerprint density at radius 2 is 1.56 bits per heavy atom. The molecule has 0 aliphatic heterocycles. The molecule has 0 spiro atoms. The first-order chi connectivity index (χ1) is 12.9. The summed E-state index contributed by atoms with van der Waals surface area (Å²) in [5, 5.41) is 2.29. The molecular formula is C19H14ClFN2O3S. The first kappa shape index (κ1) is 18.9. The maximum absolute atomic E-state index is 13.9. The lowest BCUT2D eigenvalue weighted by atomic mass is 10.2. The summed E-state index contributed by atoms with van der Waals surface area (Å²) in [7, 11) is -3.79. The summed E-state index contributed by atoms with van der Waals surface area (Å²) in [6, 6.07) is 18.0. The number of hydrogen-bond donors (Lipinski definition) is 2. The summed E-state index contributed by atoms with van der Waals surface area (Å²) in [6.07, 6.45) is 0. The summed E-state index contributed by atoms with van der Waals surface area (Å²) < 4.78 is 41.1. The number of anilines is 2. The second kappa shape index (κ2) is 7.77. The maximum atomic E-state index is 13.9. The highest BCUT2D eigenvalue weighted by Crippen LogP contribution is 2.23. The van der Waals surface area contributed by atoms with E-state index in [9.17, 15) is 17.6 Å². The fourth-order valence-electron chi connectivity index (χ4n) is 2.30. The number of rotatable bonds is 5. The van der Waals surface area contributed by atoms with Gasteiger partial charge in [-0.15, -0.1) is 0 Å². The molecule has 0 atom stereocenters. The van der Waals surface area contributed by atoms with Crippen molar-refractivity contribution in [3.8, 4) is 0 Å². The predicted molar refractivity (Wildman–Crippen MR) is 103 cm³/mol. The summed E-state index contributed by atoms with van der Waals surface area (Å²) in [5.41, 5.74) is 0.540. The van der Waals surface area contributed by atoms with E-state index >= 15 is 0 Å². The van der Waals surface area contributed by atoms with Gasteiger partial charge in [-0.3, -0.25) is 9.52 Å². The molecule has 0 bridgehead atoms. The first-order valence-electron chi connectivity index (χ1n) is 7.80. The molecule has 3 rings (SSSR count). The van der Waals surface area contributed by atoms with Gasteiger partial charge in [-0.1, -0.05) is 35.9 Å². The fourth-order valence-corrected chi connectivity index (χ4v) is 3.53. The average Bonchev–Trinajstić information content (AvgIpc) is 2.66. The van der Waals surface area contributed by atoms with E-state index in [-0.39, 0.29) is 21.2 Å². The van der Waals surface area contributed by atoms with E-state index in [0.717, 1.165) is 0 Å². The van der Waals surface area contributed by atoms with Crippen molar-refractivity contribution in [3.63, 3.8) is 0 Å². The lowest BCUT2D eigenvalue weighted by Crippen LogP contribution is -2.15. The zero-order chi connectivity index (χ0) is 19.4. The molecule has 27 heavy (non-hydrogen) atoms. The number of nitrogens with one attached hydrogen (secondary N) is 2. The molecule has 0 heterocycles. The van der Waals surface area contributed by atoms with Crippen LogP contribution < -0.4 is 10.0 Å². The smallest absolute Gasteiger partial charge is 0.261 e. The van der Waals surface area contributed by atoms with Gasteiger partial charge in [-0.2, -0.15) is 0 Å². The molecule has 0 unspecified atom stereocenters. The van der Waals surface area contributed by atoms with Gasteiger partial charge in [0.15, 0.2) is 5.82 Å². The number of carbonyl (C=O) groups excluding carboxylic acids is 1. The van der Waals surface area contributed by atoms with Crippen LogP contribution >= 0.6 is 11.6 Å². The number of hydrogen-bond acceptors (Lipinski definition) is 3. The molecule has 0 aromatic heterocycles. The van der Waals surface area contributed by atoms with E-state index in [1.54, 1.807) is 30.3 Å². The fraction of sp³-hybridized carbons (Fsp3) is 0. The zero-order valence-corrected chi connectivity index (χ0v) is 15.4. The minimum Gasteiger partial charge on any atom is -0.319 e. The van der Waals surface area contributed by atoms with Crippen molar-refractivity contribution in [2.75, 3.05) is 10.0 Å². The van der Waals surface area contributed by atoms with Gasteiger partial charge in [0, 0.05) is 11.3 Å². The second-order valence-corrected chi connectivity index (χ2v) is 7.64. The lowest BCUT2D eigenvalue weighted by molar-refractivity contribution is 0.102. The predicted octanol–water partition coefficient (Wildman–Crippen LogP) is 4.53. The molecule has 0 saturated heterocycles. The quantitative estimate of drug-likeness (QED) is 0.655. The van der Waals surface area contributed by atoms with Crippen LogP contribution in [0, 0.1) is 5.82 Å². The molecule has 0 saturated carbocycles. The van der Waals surface area contributed by atoms with Gasteiger partial charge in [-0.25, -0.2) is 12.8 Å². The molecule has 0 aliphatic rings. The second-order valence-electron chi connectivity index (χ2n) is 5.55. The third-order valence-electron chi connectivity index (χ3n) is 3.65. The molecule has 3 aromatic carbocycles. The SMILES string of the molecule is O=C(Nc1cccc(Cl)c1F)c1ccc(S(=O)(=O)Nc2ccccc2)cc1. The Balaban J connectivity index is 1.76. The van der Waals surface area contributed by atoms with Crippen LogP contribution in [-0.2, 0) is 10.0 Å². The van der Waals surface area contributed by atoms with Gasteiger partial charge in [0.05, 0.1) is 15.6 Å². The van der Waals surface area contributed by atoms with Crippen molar-refractivity contribution in [1.82, 2.24) is 0 Å². The molecule has 0 fully saturated rings. The highest BCUT2D eigenvalue weighted by molar-refractivity contribution is 7.92. The maximum Gasteiger partial charge on any atom is 0.261 e. The zero-order valence-electron chi connectivity index (χ0n) is 13.8. The number of amides is 1. The average molecular weight is 405 g/mol. The van der Waals surface area contributed by atoms with Crippen LogP contribution in [0.3, 0.4) is 0 Å². The highest BCUT2D eigenvalue weighted by Gasteiger charge is 2.16. The van der Waals surface area contributed by atoms with Crippen molar-refractivity contribution in [2.45, 2.75) is 4.90 Å². The van der Waals surface area contributed by atoms with Crippen LogP contribution in [0.25, 0.3) is 0 Å². The van der Waals surface area contributed by atoms with Crippen LogP contribution in [0.5, 0.6) is 0 Å². The number of para-hydroxylation sites is 1. The molecule has 0 aliphatic carbocycles. The standard InChI is InChI=1S/C19H14ClFN2O3S/c20-16-7-4-8-17(18(16)21)22-19(24)13-9-11-15(12-10-13)27(25,26)23-14-5-2-1-3-6-14/h1-12,23H,(H,22,24). The van der Waals surface area contributed by atoms with Gasteiger partial charge in [0.25, 0.3) is 15.9 Å². The van der Waals surface area contributed by atoms with Crippen molar-refractivity contribution in [3.05, 3.63) is 89.2 Å². The number of halogens is 2. The van der Waals surface area contributed by atoms with Crippen LogP contribution in [0.4, 0.5) is 15.8 Å². The summed E-state index contributed by atoms with van der Waals surface area (Å²) in [6.45, 7) is 0. The Bertz CT molecular complexity index is 1070. The highest BCUT2D eigenvalue weighted by atomic mass is 35.5. The van der Waals surface area contributed by atoms with Crippen molar-refractivity contribution in [1.29, 1.82) is 0 Å². The Morgan fingerprint density at radius 3 is 2.22 bits per heavy atom. The normalized spacial score (nSPS) is 11.0. The molecule has 0 radical (unpaired) electrons. The monoisotopic (exact) mass is 404 g/mol. The van der Waals surface area contributed by atoms with Crippen LogP contribution in [-0.4, -0.2) is 14.3 Å². The molecule has 138 valence electrons. The van der Waals surface area contributed by atoms with E-state index < -0.39 is 21.7 Å². The minimum atomic E-state index is -3.79. The molecule has 8 heteroatoms. The van der Waals surface area contributed by atoms with E-state index in [1.807, 2.05) is 0 Å². The lowest BCUT2D eigenvalue weighted by Gasteiger charge is -2.10. The number of benzene rings is 3. The Labute approximate surface area is 160 Å². The van der Waals surface area contributed by atoms with E-state index in [2.05, 4.69) is 10.0 Å². The van der Waals surface area contributed by atoms with Gasteiger partial charge in [0.2, 0.25) is 0 Å².